The molecule has 0 N–H and O–H groups in total. The Hall–Kier alpha value is -3.50. The number of ether oxygens (including phenoxy) is 1. The highest BCUT2D eigenvalue weighted by molar-refractivity contribution is 6.21. The van der Waals surface area contributed by atoms with Gasteiger partial charge in [-0.25, -0.2) is 4.57 Å². The summed E-state index contributed by atoms with van der Waals surface area (Å²) in [6.07, 6.45) is 2.25. The van der Waals surface area contributed by atoms with Crippen LogP contribution in [0.2, 0.25) is 0 Å². The van der Waals surface area contributed by atoms with E-state index >= 15 is 0 Å². The predicted molar refractivity (Wildman–Crippen MR) is 184 cm³/mol. The van der Waals surface area contributed by atoms with Crippen LogP contribution < -0.4 is 4.57 Å². The summed E-state index contributed by atoms with van der Waals surface area (Å²) in [6.45, 7) is 25.4. The standard InChI is InChI=1S/C41H44N3O/c1-12-21-22-16-28(38(5,6)7)42-25-18-26-29-20(4)14-19(3)15-23(29)32-33-24(39(8,9)45-40(33,10)11)17-27-36(32)43(26)37(30(22)25)44(27)41(13-2)34-31(21)35(34)41/h14-18,21,34H,12-13H2,1-11H3/q+1. The Kier molecular flexibility index (Phi) is 4.38. The molecule has 10 rings (SSSR count). The van der Waals surface area contributed by atoms with Crippen LogP contribution in [0.4, 0.5) is 0 Å². The van der Waals surface area contributed by atoms with E-state index in [0.717, 1.165) is 18.4 Å². The molecule has 1 fully saturated rings. The van der Waals surface area contributed by atoms with Gasteiger partial charge in [0.2, 0.25) is 0 Å². The molecule has 2 aromatic carbocycles. The van der Waals surface area contributed by atoms with Crippen LogP contribution in [0.3, 0.4) is 0 Å². The summed E-state index contributed by atoms with van der Waals surface area (Å²) in [4.78, 5) is 5.53. The molecular formula is C41H44N3O+. The summed E-state index contributed by atoms with van der Waals surface area (Å²) >= 11 is 0. The van der Waals surface area contributed by atoms with Crippen molar-refractivity contribution < 1.29 is 9.30 Å². The SMILES string of the molecule is CCC1C2=C3C2C3(CC)[n+]2c3cc4c(c5c6cc(C)cc(C)c6c6cc7nc(C(C)(C)C)cc1c7c2n6c53)C(C)(C)OC4(C)C. The van der Waals surface area contributed by atoms with Gasteiger partial charge in [-0.1, -0.05) is 52.3 Å². The van der Waals surface area contributed by atoms with Crippen LogP contribution >= 0.6 is 0 Å². The molecule has 0 spiro atoms. The first-order valence-electron chi connectivity index (χ1n) is 17.2. The highest BCUT2D eigenvalue weighted by Gasteiger charge is 2.80. The van der Waals surface area contributed by atoms with Crippen LogP contribution in [-0.4, -0.2) is 9.38 Å². The van der Waals surface area contributed by atoms with Gasteiger partial charge in [-0.2, -0.15) is 4.40 Å². The van der Waals surface area contributed by atoms with Gasteiger partial charge in [0.15, 0.2) is 11.0 Å². The number of benzene rings is 2. The molecule has 0 radical (unpaired) electrons. The molecule has 45 heavy (non-hydrogen) atoms. The third-order valence-corrected chi connectivity index (χ3v) is 12.3. The van der Waals surface area contributed by atoms with E-state index in [9.17, 15) is 0 Å². The molecule has 4 aliphatic rings. The smallest absolute Gasteiger partial charge is 0.298 e. The Balaban J connectivity index is 1.58. The van der Waals surface area contributed by atoms with E-state index in [-0.39, 0.29) is 16.6 Å². The van der Waals surface area contributed by atoms with Crippen molar-refractivity contribution in [2.75, 3.05) is 0 Å². The molecule has 3 unspecified atom stereocenters. The molecule has 4 heteroatoms. The van der Waals surface area contributed by atoms with Crippen molar-refractivity contribution in [3.63, 3.8) is 0 Å². The lowest BCUT2D eigenvalue weighted by Gasteiger charge is -2.28. The van der Waals surface area contributed by atoms with Gasteiger partial charge in [-0.05, 0) is 99.7 Å². The van der Waals surface area contributed by atoms with Gasteiger partial charge in [0, 0.05) is 39.4 Å². The van der Waals surface area contributed by atoms with Crippen LogP contribution in [-0.2, 0) is 26.9 Å². The van der Waals surface area contributed by atoms with Crippen molar-refractivity contribution in [2.24, 2.45) is 5.92 Å². The molecule has 6 aromatic rings. The minimum atomic E-state index is -0.407. The van der Waals surface area contributed by atoms with E-state index in [4.69, 9.17) is 9.72 Å². The van der Waals surface area contributed by atoms with Gasteiger partial charge in [0.1, 0.15) is 11.1 Å². The Morgan fingerprint density at radius 2 is 1.67 bits per heavy atom. The topological polar surface area (TPSA) is 30.4 Å². The number of fused-ring (bicyclic) bond motifs is 9. The summed E-state index contributed by atoms with van der Waals surface area (Å²) < 4.78 is 12.4. The van der Waals surface area contributed by atoms with Crippen LogP contribution in [0.25, 0.3) is 49.3 Å². The van der Waals surface area contributed by atoms with E-state index in [1.807, 2.05) is 0 Å². The molecule has 0 saturated heterocycles. The van der Waals surface area contributed by atoms with E-state index in [1.165, 1.54) is 77.3 Å². The average Bonchev–Trinajstić information content (AvgIpc) is 3.78. The van der Waals surface area contributed by atoms with Gasteiger partial charge in [0.25, 0.3) is 5.65 Å². The van der Waals surface area contributed by atoms with E-state index < -0.39 is 5.60 Å². The second-order valence-electron chi connectivity index (χ2n) is 16.8. The number of rotatable bonds is 2. The number of nitrogens with zero attached hydrogens (tertiary/aromatic N) is 3. The number of imidazole rings is 1. The summed E-state index contributed by atoms with van der Waals surface area (Å²) in [6, 6.07) is 12.3. The zero-order chi connectivity index (χ0) is 31.5. The lowest BCUT2D eigenvalue weighted by atomic mass is 9.81. The Morgan fingerprint density at radius 3 is 2.33 bits per heavy atom. The van der Waals surface area contributed by atoms with E-state index in [0.29, 0.717) is 11.8 Å². The van der Waals surface area contributed by atoms with Crippen LogP contribution in [0.5, 0.6) is 0 Å². The quantitative estimate of drug-likeness (QED) is 0.0865. The number of hydrogen-bond acceptors (Lipinski definition) is 2. The first-order valence-corrected chi connectivity index (χ1v) is 17.2. The summed E-state index contributed by atoms with van der Waals surface area (Å²) in [7, 11) is 0. The molecule has 228 valence electrons. The maximum atomic E-state index is 6.93. The largest absolute Gasteiger partial charge is 0.360 e. The van der Waals surface area contributed by atoms with Gasteiger partial charge in [0.05, 0.1) is 28.0 Å². The number of aryl methyl sites for hydroxylation is 2. The molecule has 4 aromatic heterocycles. The van der Waals surface area contributed by atoms with Gasteiger partial charge >= 0.3 is 0 Å². The van der Waals surface area contributed by atoms with Crippen LogP contribution in [0.15, 0.2) is 41.5 Å². The third-order valence-electron chi connectivity index (χ3n) is 12.3. The second-order valence-corrected chi connectivity index (χ2v) is 16.8. The number of allylic oxidation sites excluding steroid dienone is 2. The fraction of sp³-hybridized carbons (Fsp3) is 0.463. The molecular weight excluding hydrogens is 550 g/mol. The Labute approximate surface area is 265 Å². The molecule has 0 bridgehead atoms. The van der Waals surface area contributed by atoms with E-state index in [1.54, 1.807) is 11.1 Å². The minimum absolute atomic E-state index is 0.0368. The van der Waals surface area contributed by atoms with Crippen molar-refractivity contribution in [3.05, 3.63) is 75.0 Å². The first kappa shape index (κ1) is 26.7. The summed E-state index contributed by atoms with van der Waals surface area (Å²) in [5, 5.41) is 5.43. The van der Waals surface area contributed by atoms with Crippen molar-refractivity contribution in [2.45, 2.75) is 117 Å². The second kappa shape index (κ2) is 7.39. The normalized spacial score (nSPS) is 25.7. The van der Waals surface area contributed by atoms with Crippen molar-refractivity contribution >= 4 is 49.3 Å². The first-order chi connectivity index (χ1) is 21.2. The third kappa shape index (κ3) is 2.76. The van der Waals surface area contributed by atoms with Crippen molar-refractivity contribution in [1.29, 1.82) is 0 Å². The maximum absolute atomic E-state index is 6.93. The molecule has 2 aliphatic heterocycles. The lowest BCUT2D eigenvalue weighted by Crippen LogP contribution is -2.51. The molecule has 4 nitrogen and oxygen atoms in total. The van der Waals surface area contributed by atoms with Crippen LogP contribution in [0, 0.1) is 19.8 Å². The molecule has 1 saturated carbocycles. The number of pyridine rings is 3. The highest BCUT2D eigenvalue weighted by Crippen LogP contribution is 2.78. The number of hydrogen-bond donors (Lipinski definition) is 0. The molecule has 2 aliphatic carbocycles. The summed E-state index contributed by atoms with van der Waals surface area (Å²) in [5.41, 5.74) is 17.2. The average molecular weight is 595 g/mol. The fourth-order valence-corrected chi connectivity index (χ4v) is 10.6. The highest BCUT2D eigenvalue weighted by atomic mass is 16.5. The molecule has 0 amide bonds. The van der Waals surface area contributed by atoms with Crippen molar-refractivity contribution in [1.82, 2.24) is 9.38 Å². The summed E-state index contributed by atoms with van der Waals surface area (Å²) in [5.74, 6) is 1.06. The van der Waals surface area contributed by atoms with Gasteiger partial charge in [-0.3, -0.25) is 4.98 Å². The zero-order valence-electron chi connectivity index (χ0n) is 28.7. The van der Waals surface area contributed by atoms with Crippen LogP contribution in [0.1, 0.15) is 115 Å². The number of aromatic nitrogens is 3. The van der Waals surface area contributed by atoms with Gasteiger partial charge < -0.3 is 4.74 Å². The van der Waals surface area contributed by atoms with Gasteiger partial charge in [-0.15, -0.1) is 0 Å². The molecule has 6 heterocycles. The Morgan fingerprint density at radius 1 is 0.933 bits per heavy atom. The zero-order valence-corrected chi connectivity index (χ0v) is 28.7. The monoisotopic (exact) mass is 594 g/mol. The minimum Gasteiger partial charge on any atom is -0.360 e. The maximum Gasteiger partial charge on any atom is 0.298 e. The Bertz CT molecular complexity index is 2450. The fourth-order valence-electron chi connectivity index (χ4n) is 10.6. The van der Waals surface area contributed by atoms with Crippen molar-refractivity contribution in [3.8, 4) is 0 Å². The van der Waals surface area contributed by atoms with E-state index in [2.05, 4.69) is 115 Å². The molecule has 3 atom stereocenters. The lowest BCUT2D eigenvalue weighted by molar-refractivity contribution is -0.692. The predicted octanol–water partition coefficient (Wildman–Crippen LogP) is 9.64.